The molecule has 4 saturated carbocycles. The molecule has 1 nitrogen and oxygen atoms in total. The standard InChI is InChI=1S/C12H18OS2/c14-11(15)13-7-12-4-8-1-9(5-12)3-10(2-8)6-12/h8-10H,1-7H2,(H,14,15)/p-1. The van der Waals surface area contributed by atoms with Gasteiger partial charge >= 0.3 is 0 Å². The summed E-state index contributed by atoms with van der Waals surface area (Å²) in [5.74, 6) is 2.95. The molecule has 0 radical (unpaired) electrons. The Labute approximate surface area is 102 Å². The predicted octanol–water partition coefficient (Wildman–Crippen LogP) is 3.05. The van der Waals surface area contributed by atoms with Crippen LogP contribution in [0.3, 0.4) is 0 Å². The third kappa shape index (κ3) is 1.89. The Kier molecular flexibility index (Phi) is 2.44. The van der Waals surface area contributed by atoms with Gasteiger partial charge in [-0.2, -0.15) is 0 Å². The number of hydrogen-bond acceptors (Lipinski definition) is 3. The van der Waals surface area contributed by atoms with Gasteiger partial charge in [0.05, 0.1) is 6.61 Å². The molecule has 0 saturated heterocycles. The van der Waals surface area contributed by atoms with Gasteiger partial charge in [0.25, 0.3) is 0 Å². The SMILES string of the molecule is S=C([S-])OCC12CC3CC(CC(C3)C1)C2. The molecule has 4 fully saturated rings. The van der Waals surface area contributed by atoms with E-state index in [0.29, 0.717) is 9.80 Å². The zero-order valence-electron chi connectivity index (χ0n) is 8.91. The van der Waals surface area contributed by atoms with Crippen molar-refractivity contribution in [1.82, 2.24) is 0 Å². The molecule has 0 amide bonds. The maximum Gasteiger partial charge on any atom is 0.0915 e. The lowest BCUT2D eigenvalue weighted by Gasteiger charge is -2.56. The first-order chi connectivity index (χ1) is 7.15. The highest BCUT2D eigenvalue weighted by Crippen LogP contribution is 2.59. The zero-order valence-corrected chi connectivity index (χ0v) is 10.5. The van der Waals surface area contributed by atoms with E-state index in [9.17, 15) is 0 Å². The molecule has 15 heavy (non-hydrogen) atoms. The van der Waals surface area contributed by atoms with E-state index in [2.05, 4.69) is 0 Å². The lowest BCUT2D eigenvalue weighted by molar-refractivity contribution is -0.0756. The quantitative estimate of drug-likeness (QED) is 0.543. The second kappa shape index (κ2) is 3.56. The van der Waals surface area contributed by atoms with Gasteiger partial charge in [-0.15, -0.1) is 0 Å². The Morgan fingerprint density at radius 2 is 1.60 bits per heavy atom. The predicted molar refractivity (Wildman–Crippen MR) is 66.5 cm³/mol. The van der Waals surface area contributed by atoms with Crippen molar-refractivity contribution in [2.45, 2.75) is 38.5 Å². The van der Waals surface area contributed by atoms with Crippen molar-refractivity contribution in [2.75, 3.05) is 6.61 Å². The van der Waals surface area contributed by atoms with Gasteiger partial charge < -0.3 is 29.6 Å². The molecule has 4 aliphatic rings. The second-order valence-electron chi connectivity index (χ2n) is 5.96. The van der Waals surface area contributed by atoms with E-state index < -0.39 is 0 Å². The molecule has 0 atom stereocenters. The molecule has 0 heterocycles. The van der Waals surface area contributed by atoms with Crippen molar-refractivity contribution < 1.29 is 4.74 Å². The van der Waals surface area contributed by atoms with Gasteiger partial charge in [-0.25, -0.2) is 0 Å². The van der Waals surface area contributed by atoms with Crippen molar-refractivity contribution in [3.8, 4) is 0 Å². The van der Waals surface area contributed by atoms with Crippen molar-refractivity contribution in [2.24, 2.45) is 23.2 Å². The van der Waals surface area contributed by atoms with Gasteiger partial charge in [-0.3, -0.25) is 0 Å². The minimum atomic E-state index is 0.311. The minimum absolute atomic E-state index is 0.311. The molecule has 4 bridgehead atoms. The summed E-state index contributed by atoms with van der Waals surface area (Å²) in [6.07, 6.45) is 8.57. The van der Waals surface area contributed by atoms with Crippen molar-refractivity contribution in [3.63, 3.8) is 0 Å². The molecule has 0 aromatic heterocycles. The second-order valence-corrected chi connectivity index (χ2v) is 6.96. The summed E-state index contributed by atoms with van der Waals surface area (Å²) in [4.78, 5) is 0. The first-order valence-electron chi connectivity index (χ1n) is 5.99. The molecule has 0 spiro atoms. The van der Waals surface area contributed by atoms with Crippen LogP contribution < -0.4 is 0 Å². The number of rotatable bonds is 2. The van der Waals surface area contributed by atoms with E-state index >= 15 is 0 Å². The lowest BCUT2D eigenvalue weighted by atomic mass is 9.50. The van der Waals surface area contributed by atoms with E-state index in [1.54, 1.807) is 0 Å². The smallest absolute Gasteiger partial charge is 0.0915 e. The molecule has 0 aliphatic heterocycles. The van der Waals surface area contributed by atoms with Crippen LogP contribution in [-0.2, 0) is 17.4 Å². The van der Waals surface area contributed by atoms with Crippen molar-refractivity contribution in [3.05, 3.63) is 0 Å². The molecular formula is C12H17OS2-. The number of hydrogen-bond donors (Lipinski definition) is 0. The Hall–Kier alpha value is 0.110. The van der Waals surface area contributed by atoms with Gasteiger partial charge in [0, 0.05) is 9.80 Å². The summed E-state index contributed by atoms with van der Waals surface area (Å²) >= 11 is 9.68. The van der Waals surface area contributed by atoms with Crippen LogP contribution in [0.15, 0.2) is 0 Å². The highest BCUT2D eigenvalue weighted by Gasteiger charge is 2.51. The van der Waals surface area contributed by atoms with Crippen LogP contribution in [0.1, 0.15) is 38.5 Å². The molecule has 4 rings (SSSR count). The van der Waals surface area contributed by atoms with E-state index in [1.807, 2.05) is 0 Å². The summed E-state index contributed by atoms with van der Waals surface area (Å²) in [6.45, 7) is 0.804. The minimum Gasteiger partial charge on any atom is -0.513 e. The van der Waals surface area contributed by atoms with E-state index in [4.69, 9.17) is 29.6 Å². The summed E-state index contributed by atoms with van der Waals surface area (Å²) in [5.41, 5.74) is 0.456. The molecule has 0 aromatic carbocycles. The van der Waals surface area contributed by atoms with Crippen molar-refractivity contribution >= 4 is 29.2 Å². The Bertz CT molecular complexity index is 252. The molecule has 0 unspecified atom stereocenters. The van der Waals surface area contributed by atoms with Crippen LogP contribution in [0.25, 0.3) is 0 Å². The van der Waals surface area contributed by atoms with Crippen LogP contribution in [0.2, 0.25) is 0 Å². The third-order valence-corrected chi connectivity index (χ3v) is 4.90. The highest BCUT2D eigenvalue weighted by atomic mass is 32.1. The monoisotopic (exact) mass is 241 g/mol. The first-order valence-corrected chi connectivity index (χ1v) is 6.81. The van der Waals surface area contributed by atoms with Crippen LogP contribution in [-0.4, -0.2) is 11.0 Å². The largest absolute Gasteiger partial charge is 0.513 e. The average Bonchev–Trinajstić information content (AvgIpc) is 2.12. The van der Waals surface area contributed by atoms with Gasteiger partial charge in [0.15, 0.2) is 0 Å². The summed E-state index contributed by atoms with van der Waals surface area (Å²) < 4.78 is 5.78. The first kappa shape index (κ1) is 10.3. The van der Waals surface area contributed by atoms with E-state index in [-0.39, 0.29) is 0 Å². The molecule has 84 valence electrons. The summed E-state index contributed by atoms with van der Waals surface area (Å²) in [6, 6.07) is 0. The van der Waals surface area contributed by atoms with Gasteiger partial charge in [0.2, 0.25) is 0 Å². The molecule has 0 N–H and O–H groups in total. The zero-order chi connectivity index (χ0) is 10.5. The topological polar surface area (TPSA) is 9.23 Å². The highest BCUT2D eigenvalue weighted by molar-refractivity contribution is 7.99. The molecule has 3 heteroatoms. The van der Waals surface area contributed by atoms with Gasteiger partial charge in [-0.05, 0) is 56.3 Å². The average molecular weight is 241 g/mol. The summed E-state index contributed by atoms with van der Waals surface area (Å²) in [5, 5.41) is 0. The Morgan fingerprint density at radius 1 is 1.13 bits per heavy atom. The lowest BCUT2D eigenvalue weighted by Crippen LogP contribution is -2.48. The fourth-order valence-electron chi connectivity index (χ4n) is 4.68. The van der Waals surface area contributed by atoms with Crippen LogP contribution >= 0.6 is 12.2 Å². The number of ether oxygens (including phenoxy) is 1. The number of thiocarbonyl (C=S) groups is 1. The van der Waals surface area contributed by atoms with Gasteiger partial charge in [0.1, 0.15) is 0 Å². The Morgan fingerprint density at radius 3 is 2.00 bits per heavy atom. The third-order valence-electron chi connectivity index (χ3n) is 4.66. The fourth-order valence-corrected chi connectivity index (χ4v) is 4.80. The van der Waals surface area contributed by atoms with Crippen LogP contribution in [0.4, 0.5) is 0 Å². The Balaban J connectivity index is 1.72. The van der Waals surface area contributed by atoms with Crippen molar-refractivity contribution in [1.29, 1.82) is 0 Å². The normalized spacial score (nSPS) is 46.8. The van der Waals surface area contributed by atoms with Crippen LogP contribution in [0, 0.1) is 23.2 Å². The molecule has 4 aliphatic carbocycles. The van der Waals surface area contributed by atoms with Crippen LogP contribution in [0.5, 0.6) is 0 Å². The molecular weight excluding hydrogens is 224 g/mol. The van der Waals surface area contributed by atoms with Gasteiger partial charge in [-0.1, -0.05) is 0 Å². The maximum absolute atomic E-state index is 5.47. The van der Waals surface area contributed by atoms with E-state index in [1.165, 1.54) is 38.5 Å². The van der Waals surface area contributed by atoms with E-state index in [0.717, 1.165) is 24.4 Å². The summed E-state index contributed by atoms with van der Waals surface area (Å²) in [7, 11) is 0. The fraction of sp³-hybridized carbons (Fsp3) is 0.917. The molecule has 0 aromatic rings. The maximum atomic E-state index is 5.47.